The fraction of sp³-hybridized carbons (Fsp3) is 0.333. The lowest BCUT2D eigenvalue weighted by molar-refractivity contribution is 0.407. The van der Waals surface area contributed by atoms with Crippen molar-refractivity contribution in [1.82, 2.24) is 0 Å². The quantitative estimate of drug-likeness (QED) is 0.512. The molecule has 104 valence electrons. The van der Waals surface area contributed by atoms with Crippen LogP contribution in [0.4, 0.5) is 0 Å². The highest BCUT2D eigenvalue weighted by Gasteiger charge is 2.33. The van der Waals surface area contributed by atoms with Crippen molar-refractivity contribution < 1.29 is 0 Å². The Kier molecular flexibility index (Phi) is 2.44. The molecule has 0 heteroatoms. The molecule has 1 fully saturated rings. The summed E-state index contributed by atoms with van der Waals surface area (Å²) in [6, 6.07) is 18.2. The van der Waals surface area contributed by atoms with Crippen LogP contribution in [0.5, 0.6) is 0 Å². The molecule has 2 aliphatic carbocycles. The zero-order valence-corrected chi connectivity index (χ0v) is 12.3. The lowest BCUT2D eigenvalue weighted by atomic mass is 9.79. The molecule has 0 amide bonds. The van der Waals surface area contributed by atoms with Gasteiger partial charge in [0.25, 0.3) is 0 Å². The van der Waals surface area contributed by atoms with Gasteiger partial charge in [0.2, 0.25) is 0 Å². The summed E-state index contributed by atoms with van der Waals surface area (Å²) in [6.45, 7) is 0. The number of aryl methyl sites for hydroxylation is 1. The van der Waals surface area contributed by atoms with Crippen LogP contribution in [-0.4, -0.2) is 0 Å². The fourth-order valence-corrected chi connectivity index (χ4v) is 4.37. The second-order valence-electron chi connectivity index (χ2n) is 6.93. The third kappa shape index (κ3) is 1.82. The molecular weight excluding hydrogens is 252 g/mol. The van der Waals surface area contributed by atoms with Crippen molar-refractivity contribution in [2.24, 2.45) is 11.8 Å². The Morgan fingerprint density at radius 1 is 0.667 bits per heavy atom. The average molecular weight is 272 g/mol. The second kappa shape index (κ2) is 4.34. The van der Waals surface area contributed by atoms with Crippen LogP contribution < -0.4 is 0 Å². The first-order valence-electron chi connectivity index (χ1n) is 8.32. The van der Waals surface area contributed by atoms with Crippen LogP contribution in [0.25, 0.3) is 21.5 Å². The molecule has 1 atom stereocenters. The van der Waals surface area contributed by atoms with Crippen LogP contribution in [0.1, 0.15) is 30.4 Å². The van der Waals surface area contributed by atoms with Gasteiger partial charge in [0, 0.05) is 0 Å². The highest BCUT2D eigenvalue weighted by molar-refractivity contribution is 6.08. The average Bonchev–Trinajstić information content (AvgIpc) is 3.38. The van der Waals surface area contributed by atoms with Crippen molar-refractivity contribution in [2.45, 2.75) is 32.1 Å². The molecule has 5 rings (SSSR count). The molecule has 0 saturated heterocycles. The summed E-state index contributed by atoms with van der Waals surface area (Å²) in [6.07, 6.45) is 6.98. The standard InChI is InChI=1S/C21H20/c1-2-4-18-15(3-1)7-11-21-19-10-8-16(14-5-6-14)13-17(19)9-12-20(18)21/h1-4,7,9,11-12,14,16H,5-6,8,10,13H2. The SMILES string of the molecule is c1ccc2c(c1)ccc1c3c(ccc12)CC(C1CC1)CC3. The topological polar surface area (TPSA) is 0 Å². The van der Waals surface area contributed by atoms with E-state index in [1.54, 1.807) is 11.1 Å². The third-order valence-electron chi connectivity index (χ3n) is 5.67. The van der Waals surface area contributed by atoms with Crippen molar-refractivity contribution in [3.05, 3.63) is 59.7 Å². The molecule has 3 aromatic carbocycles. The Labute approximate surface area is 125 Å². The first kappa shape index (κ1) is 11.8. The number of hydrogen-bond acceptors (Lipinski definition) is 0. The minimum absolute atomic E-state index is 0.968. The molecule has 21 heavy (non-hydrogen) atoms. The van der Waals surface area contributed by atoms with Gasteiger partial charge in [-0.3, -0.25) is 0 Å². The second-order valence-corrected chi connectivity index (χ2v) is 6.93. The van der Waals surface area contributed by atoms with E-state index in [0.717, 1.165) is 11.8 Å². The Morgan fingerprint density at radius 2 is 1.52 bits per heavy atom. The van der Waals surface area contributed by atoms with Gasteiger partial charge in [-0.05, 0) is 76.6 Å². The van der Waals surface area contributed by atoms with Crippen LogP contribution >= 0.6 is 0 Å². The molecule has 0 bridgehead atoms. The molecular formula is C21H20. The van der Waals surface area contributed by atoms with Crippen LogP contribution in [0.2, 0.25) is 0 Å². The van der Waals surface area contributed by atoms with Crippen LogP contribution in [-0.2, 0) is 12.8 Å². The summed E-state index contributed by atoms with van der Waals surface area (Å²) in [5.41, 5.74) is 3.26. The van der Waals surface area contributed by atoms with Gasteiger partial charge in [0.15, 0.2) is 0 Å². The molecule has 0 aliphatic heterocycles. The molecule has 1 saturated carbocycles. The zero-order valence-electron chi connectivity index (χ0n) is 12.3. The molecule has 3 aromatic rings. The van der Waals surface area contributed by atoms with E-state index in [2.05, 4.69) is 48.5 Å². The van der Waals surface area contributed by atoms with E-state index >= 15 is 0 Å². The maximum Gasteiger partial charge on any atom is -0.0102 e. The lowest BCUT2D eigenvalue weighted by Gasteiger charge is -2.26. The first-order valence-corrected chi connectivity index (χ1v) is 8.32. The summed E-state index contributed by atoms with van der Waals surface area (Å²) in [7, 11) is 0. The Hall–Kier alpha value is -1.82. The van der Waals surface area contributed by atoms with Crippen molar-refractivity contribution in [2.75, 3.05) is 0 Å². The summed E-state index contributed by atoms with van der Waals surface area (Å²) in [5.74, 6) is 2.01. The lowest BCUT2D eigenvalue weighted by Crippen LogP contribution is -2.16. The van der Waals surface area contributed by atoms with E-state index in [4.69, 9.17) is 0 Å². The van der Waals surface area contributed by atoms with Gasteiger partial charge in [0.1, 0.15) is 0 Å². The van der Waals surface area contributed by atoms with Gasteiger partial charge in [-0.2, -0.15) is 0 Å². The number of hydrogen-bond donors (Lipinski definition) is 0. The Balaban J connectivity index is 1.72. The maximum atomic E-state index is 2.42. The maximum absolute atomic E-state index is 2.42. The monoisotopic (exact) mass is 272 g/mol. The molecule has 0 nitrogen and oxygen atoms in total. The molecule has 0 heterocycles. The van der Waals surface area contributed by atoms with E-state index in [-0.39, 0.29) is 0 Å². The van der Waals surface area contributed by atoms with Crippen LogP contribution in [0.15, 0.2) is 48.5 Å². The van der Waals surface area contributed by atoms with E-state index in [9.17, 15) is 0 Å². The van der Waals surface area contributed by atoms with E-state index in [0.29, 0.717) is 0 Å². The summed E-state index contributed by atoms with van der Waals surface area (Å²) in [4.78, 5) is 0. The van der Waals surface area contributed by atoms with Crippen molar-refractivity contribution >= 4 is 21.5 Å². The van der Waals surface area contributed by atoms with E-state index in [1.165, 1.54) is 53.6 Å². The van der Waals surface area contributed by atoms with Gasteiger partial charge in [-0.25, -0.2) is 0 Å². The molecule has 0 spiro atoms. The highest BCUT2D eigenvalue weighted by Crippen LogP contribution is 2.44. The Bertz CT molecular complexity index is 839. The van der Waals surface area contributed by atoms with Gasteiger partial charge in [-0.1, -0.05) is 48.5 Å². The van der Waals surface area contributed by atoms with Crippen LogP contribution in [0, 0.1) is 11.8 Å². The van der Waals surface area contributed by atoms with E-state index < -0.39 is 0 Å². The van der Waals surface area contributed by atoms with Crippen LogP contribution in [0.3, 0.4) is 0 Å². The molecule has 1 unspecified atom stereocenters. The van der Waals surface area contributed by atoms with E-state index in [1.807, 2.05) is 0 Å². The normalized spacial score (nSPS) is 21.6. The number of rotatable bonds is 1. The zero-order chi connectivity index (χ0) is 13.8. The molecule has 0 aromatic heterocycles. The van der Waals surface area contributed by atoms with Gasteiger partial charge < -0.3 is 0 Å². The minimum Gasteiger partial charge on any atom is -0.0616 e. The first-order chi connectivity index (χ1) is 10.4. The van der Waals surface area contributed by atoms with Crippen molar-refractivity contribution in [3.63, 3.8) is 0 Å². The van der Waals surface area contributed by atoms with Crippen molar-refractivity contribution in [1.29, 1.82) is 0 Å². The number of benzene rings is 3. The van der Waals surface area contributed by atoms with Gasteiger partial charge >= 0.3 is 0 Å². The van der Waals surface area contributed by atoms with Crippen molar-refractivity contribution in [3.8, 4) is 0 Å². The minimum atomic E-state index is 0.968. The fourth-order valence-electron chi connectivity index (χ4n) is 4.37. The summed E-state index contributed by atoms with van der Waals surface area (Å²) < 4.78 is 0. The molecule has 0 radical (unpaired) electrons. The van der Waals surface area contributed by atoms with Gasteiger partial charge in [0.05, 0.1) is 0 Å². The summed E-state index contributed by atoms with van der Waals surface area (Å²) in [5, 5.41) is 5.70. The largest absolute Gasteiger partial charge is 0.0616 e. The highest BCUT2D eigenvalue weighted by atomic mass is 14.4. The summed E-state index contributed by atoms with van der Waals surface area (Å²) >= 11 is 0. The number of fused-ring (bicyclic) bond motifs is 5. The smallest absolute Gasteiger partial charge is 0.0102 e. The molecule has 2 aliphatic rings. The van der Waals surface area contributed by atoms with Gasteiger partial charge in [-0.15, -0.1) is 0 Å². The predicted octanol–water partition coefficient (Wildman–Crippen LogP) is 5.51. The molecule has 0 N–H and O–H groups in total. The predicted molar refractivity (Wildman–Crippen MR) is 89.7 cm³/mol. The third-order valence-corrected chi connectivity index (χ3v) is 5.67. The Morgan fingerprint density at radius 3 is 2.43 bits per heavy atom.